The summed E-state index contributed by atoms with van der Waals surface area (Å²) in [6, 6.07) is 4.95. The first-order valence-corrected chi connectivity index (χ1v) is 6.72. The summed E-state index contributed by atoms with van der Waals surface area (Å²) in [6.07, 6.45) is 1.46. The quantitative estimate of drug-likeness (QED) is 0.660. The zero-order chi connectivity index (χ0) is 14.9. The number of hydrogen-bond donors (Lipinski definition) is 1. The minimum Gasteiger partial charge on any atom is -0.336 e. The van der Waals surface area contributed by atoms with Crippen LogP contribution in [-0.2, 0) is 0 Å². The zero-order valence-corrected chi connectivity index (χ0v) is 11.7. The molecule has 0 saturated carbocycles. The summed E-state index contributed by atoms with van der Waals surface area (Å²) in [5.74, 6) is -0.278. The van der Waals surface area contributed by atoms with Crippen LogP contribution in [0.3, 0.4) is 0 Å². The molecule has 6 nitrogen and oxygen atoms in total. The lowest BCUT2D eigenvalue weighted by Crippen LogP contribution is -2.48. The molecule has 1 amide bonds. The Balaban J connectivity index is 2.34. The number of carbonyl (C=O) groups excluding carboxylic acids is 1. The topological polar surface area (TPSA) is 89.5 Å². The summed E-state index contributed by atoms with van der Waals surface area (Å²) in [4.78, 5) is 25.0. The van der Waals surface area contributed by atoms with Crippen LogP contribution in [0.1, 0.15) is 35.7 Å². The maximum Gasteiger partial charge on any atom is 0.285 e. The minimum absolute atomic E-state index is 0.00589. The van der Waals surface area contributed by atoms with E-state index in [-0.39, 0.29) is 29.2 Å². The van der Waals surface area contributed by atoms with Gasteiger partial charge in [-0.25, -0.2) is 0 Å². The molecule has 0 aromatic heterocycles. The van der Waals surface area contributed by atoms with Gasteiger partial charge in [-0.05, 0) is 32.8 Å². The van der Waals surface area contributed by atoms with Crippen molar-refractivity contribution in [3.05, 3.63) is 39.4 Å². The number of nitrogens with zero attached hydrogens (tertiary/aromatic N) is 2. The zero-order valence-electron chi connectivity index (χ0n) is 11.7. The van der Waals surface area contributed by atoms with Crippen molar-refractivity contribution in [3.8, 4) is 0 Å². The van der Waals surface area contributed by atoms with Gasteiger partial charge in [0.05, 0.1) is 4.92 Å². The van der Waals surface area contributed by atoms with Crippen molar-refractivity contribution in [2.24, 2.45) is 5.73 Å². The molecule has 1 aromatic rings. The van der Waals surface area contributed by atoms with Crippen LogP contribution in [0.2, 0.25) is 0 Å². The first-order chi connectivity index (χ1) is 9.41. The van der Waals surface area contributed by atoms with Gasteiger partial charge in [-0.3, -0.25) is 14.9 Å². The number of nitrogens with two attached hydrogens (primary N) is 1. The van der Waals surface area contributed by atoms with Crippen LogP contribution in [0.25, 0.3) is 0 Å². The van der Waals surface area contributed by atoms with Gasteiger partial charge in [0.25, 0.3) is 11.6 Å². The summed E-state index contributed by atoms with van der Waals surface area (Å²) in [6.45, 7) is 4.12. The molecular weight excluding hydrogens is 258 g/mol. The largest absolute Gasteiger partial charge is 0.336 e. The number of nitro groups is 1. The number of benzene rings is 1. The summed E-state index contributed by atoms with van der Waals surface area (Å²) < 4.78 is 0. The van der Waals surface area contributed by atoms with E-state index in [1.807, 2.05) is 6.92 Å². The fraction of sp³-hybridized carbons (Fsp3) is 0.500. The summed E-state index contributed by atoms with van der Waals surface area (Å²) in [5.41, 5.74) is 6.45. The molecule has 0 aliphatic carbocycles. The molecule has 2 atom stereocenters. The third-order valence-corrected chi connectivity index (χ3v) is 3.83. The number of aryl methyl sites for hydroxylation is 1. The number of likely N-dealkylation sites (tertiary alicyclic amines) is 1. The van der Waals surface area contributed by atoms with Gasteiger partial charge in [0, 0.05) is 24.2 Å². The Labute approximate surface area is 117 Å². The molecule has 6 heteroatoms. The van der Waals surface area contributed by atoms with E-state index in [1.54, 1.807) is 24.0 Å². The second-order valence-electron chi connectivity index (χ2n) is 5.36. The van der Waals surface area contributed by atoms with Gasteiger partial charge in [0.2, 0.25) is 0 Å². The Hall–Kier alpha value is -1.95. The highest BCUT2D eigenvalue weighted by molar-refractivity contribution is 5.98. The van der Waals surface area contributed by atoms with Gasteiger partial charge in [-0.15, -0.1) is 0 Å². The summed E-state index contributed by atoms with van der Waals surface area (Å²) in [7, 11) is 0. The first-order valence-electron chi connectivity index (χ1n) is 6.72. The molecule has 1 fully saturated rings. The highest BCUT2D eigenvalue weighted by atomic mass is 16.6. The molecule has 2 unspecified atom stereocenters. The average Bonchev–Trinajstić information content (AvgIpc) is 2.37. The highest BCUT2D eigenvalue weighted by Gasteiger charge is 2.31. The van der Waals surface area contributed by atoms with E-state index in [1.165, 1.54) is 6.07 Å². The second kappa shape index (κ2) is 5.58. The molecule has 1 aliphatic heterocycles. The van der Waals surface area contributed by atoms with Crippen LogP contribution in [0, 0.1) is 17.0 Å². The monoisotopic (exact) mass is 277 g/mol. The number of piperidine rings is 1. The smallest absolute Gasteiger partial charge is 0.285 e. The molecular formula is C14H19N3O3. The van der Waals surface area contributed by atoms with E-state index >= 15 is 0 Å². The van der Waals surface area contributed by atoms with E-state index in [0.717, 1.165) is 12.8 Å². The number of rotatable bonds is 2. The molecule has 0 bridgehead atoms. The third-order valence-electron chi connectivity index (χ3n) is 3.83. The predicted octanol–water partition coefficient (Wildman–Crippen LogP) is 1.86. The minimum atomic E-state index is -0.483. The van der Waals surface area contributed by atoms with Gasteiger partial charge in [-0.2, -0.15) is 0 Å². The van der Waals surface area contributed by atoms with Gasteiger partial charge in [-0.1, -0.05) is 12.1 Å². The average molecular weight is 277 g/mol. The number of para-hydroxylation sites is 1. The maximum absolute atomic E-state index is 12.6. The normalized spacial score (nSPS) is 22.6. The molecule has 0 spiro atoms. The molecule has 1 aromatic carbocycles. The molecule has 2 rings (SSSR count). The highest BCUT2D eigenvalue weighted by Crippen LogP contribution is 2.27. The molecule has 0 radical (unpaired) electrons. The van der Waals surface area contributed by atoms with Crippen LogP contribution in [0.15, 0.2) is 18.2 Å². The van der Waals surface area contributed by atoms with Crippen molar-refractivity contribution in [2.45, 2.75) is 38.8 Å². The van der Waals surface area contributed by atoms with Gasteiger partial charge >= 0.3 is 0 Å². The Kier molecular flexibility index (Phi) is 4.04. The Morgan fingerprint density at radius 1 is 1.50 bits per heavy atom. The molecule has 1 saturated heterocycles. The van der Waals surface area contributed by atoms with Gasteiger partial charge < -0.3 is 10.6 Å². The molecule has 2 N–H and O–H groups in total. The van der Waals surface area contributed by atoms with Crippen LogP contribution in [0.5, 0.6) is 0 Å². The summed E-state index contributed by atoms with van der Waals surface area (Å²) >= 11 is 0. The van der Waals surface area contributed by atoms with Crippen LogP contribution < -0.4 is 5.73 Å². The lowest BCUT2D eigenvalue weighted by molar-refractivity contribution is -0.385. The van der Waals surface area contributed by atoms with Crippen molar-refractivity contribution in [1.29, 1.82) is 0 Å². The Bertz CT molecular complexity index is 544. The van der Waals surface area contributed by atoms with E-state index in [9.17, 15) is 14.9 Å². The number of nitro benzene ring substituents is 1. The lowest BCUT2D eigenvalue weighted by Gasteiger charge is -2.36. The van der Waals surface area contributed by atoms with E-state index in [4.69, 9.17) is 5.73 Å². The lowest BCUT2D eigenvalue weighted by atomic mass is 9.97. The van der Waals surface area contributed by atoms with Crippen LogP contribution in [0.4, 0.5) is 5.69 Å². The second-order valence-corrected chi connectivity index (χ2v) is 5.36. The van der Waals surface area contributed by atoms with Crippen molar-refractivity contribution < 1.29 is 9.72 Å². The van der Waals surface area contributed by atoms with Crippen molar-refractivity contribution in [3.63, 3.8) is 0 Å². The van der Waals surface area contributed by atoms with Crippen molar-refractivity contribution >= 4 is 11.6 Å². The molecule has 1 aliphatic rings. The molecule has 108 valence electrons. The van der Waals surface area contributed by atoms with Gasteiger partial charge in [0.1, 0.15) is 5.56 Å². The van der Waals surface area contributed by atoms with Gasteiger partial charge in [0.15, 0.2) is 0 Å². The molecule has 20 heavy (non-hydrogen) atoms. The molecule has 1 heterocycles. The van der Waals surface area contributed by atoms with E-state index in [2.05, 4.69) is 0 Å². The standard InChI is InChI=1S/C14H19N3O3/c1-9-4-3-5-12(13(9)17(19)20)14(18)16-7-6-11(15)8-10(16)2/h3-5,10-11H,6-8,15H2,1-2H3. The third kappa shape index (κ3) is 2.65. The van der Waals surface area contributed by atoms with Crippen LogP contribution in [-0.4, -0.2) is 34.4 Å². The SMILES string of the molecule is Cc1cccc(C(=O)N2CCC(N)CC2C)c1[N+](=O)[O-]. The van der Waals surface area contributed by atoms with Crippen molar-refractivity contribution in [1.82, 2.24) is 4.90 Å². The number of hydrogen-bond acceptors (Lipinski definition) is 4. The predicted molar refractivity (Wildman–Crippen MR) is 75.5 cm³/mol. The van der Waals surface area contributed by atoms with E-state index < -0.39 is 4.92 Å². The maximum atomic E-state index is 12.6. The number of amides is 1. The van der Waals surface area contributed by atoms with E-state index in [0.29, 0.717) is 12.1 Å². The number of carbonyl (C=O) groups is 1. The fourth-order valence-electron chi connectivity index (χ4n) is 2.74. The fourth-order valence-corrected chi connectivity index (χ4v) is 2.74. The summed E-state index contributed by atoms with van der Waals surface area (Å²) in [5, 5.41) is 11.2. The Morgan fingerprint density at radius 3 is 2.80 bits per heavy atom. The van der Waals surface area contributed by atoms with Crippen LogP contribution >= 0.6 is 0 Å². The Morgan fingerprint density at radius 2 is 2.20 bits per heavy atom. The first kappa shape index (κ1) is 14.5. The van der Waals surface area contributed by atoms with Crippen molar-refractivity contribution in [2.75, 3.05) is 6.54 Å².